The first kappa shape index (κ1) is 22.3. The fourth-order valence-corrected chi connectivity index (χ4v) is 3.41. The van der Waals surface area contributed by atoms with Crippen molar-refractivity contribution in [3.8, 4) is 17.0 Å². The van der Waals surface area contributed by atoms with E-state index in [2.05, 4.69) is 25.3 Å². The fraction of sp³-hybridized carbons (Fsp3) is 0.500. The maximum Gasteiger partial charge on any atom is 0.573 e. The molecule has 0 aliphatic heterocycles. The number of carbonyl (C=O) groups is 1. The summed E-state index contributed by atoms with van der Waals surface area (Å²) in [6.45, 7) is 2.49. The Morgan fingerprint density at radius 3 is 2.47 bits per heavy atom. The third-order valence-corrected chi connectivity index (χ3v) is 5.69. The standard InChI is InChI=1S/C22H25F3N4O3/c1-21(31,15-6-7-15)12-28-20(30)17-11-27-19(26-10-13-2-3-13)18(29-17)14-4-8-16(9-5-14)32-22(23,24)25/h4-5,8-9,11,13,15,31H,2-3,6-7,10,12H2,1H3,(H,26,27)(H,28,30)/t21-/m0/s1. The summed E-state index contributed by atoms with van der Waals surface area (Å²) in [6.07, 6.45) is 0.685. The summed E-state index contributed by atoms with van der Waals surface area (Å²) in [5.74, 6) is 0.349. The molecule has 0 saturated heterocycles. The van der Waals surface area contributed by atoms with Crippen LogP contribution < -0.4 is 15.4 Å². The lowest BCUT2D eigenvalue weighted by molar-refractivity contribution is -0.274. The fourth-order valence-electron chi connectivity index (χ4n) is 3.41. The number of anilines is 1. The number of aliphatic hydroxyl groups is 1. The van der Waals surface area contributed by atoms with Gasteiger partial charge in [0.25, 0.3) is 5.91 Å². The van der Waals surface area contributed by atoms with E-state index in [1.165, 1.54) is 30.5 Å². The van der Waals surface area contributed by atoms with E-state index in [-0.39, 0.29) is 23.9 Å². The van der Waals surface area contributed by atoms with Gasteiger partial charge in [0.15, 0.2) is 5.82 Å². The zero-order chi connectivity index (χ0) is 22.9. The predicted molar refractivity (Wildman–Crippen MR) is 111 cm³/mol. The molecular weight excluding hydrogens is 425 g/mol. The number of nitrogens with zero attached hydrogens (tertiary/aromatic N) is 2. The second-order valence-corrected chi connectivity index (χ2v) is 8.66. The minimum atomic E-state index is -4.78. The van der Waals surface area contributed by atoms with Gasteiger partial charge >= 0.3 is 6.36 Å². The molecule has 172 valence electrons. The molecule has 10 heteroatoms. The summed E-state index contributed by atoms with van der Waals surface area (Å²) < 4.78 is 41.3. The van der Waals surface area contributed by atoms with Crippen LogP contribution in [0.25, 0.3) is 11.3 Å². The number of ether oxygens (including phenoxy) is 1. The van der Waals surface area contributed by atoms with Gasteiger partial charge in [-0.2, -0.15) is 0 Å². The Balaban J connectivity index is 1.54. The average molecular weight is 450 g/mol. The van der Waals surface area contributed by atoms with Crippen molar-refractivity contribution in [1.82, 2.24) is 15.3 Å². The van der Waals surface area contributed by atoms with Gasteiger partial charge in [0, 0.05) is 18.7 Å². The van der Waals surface area contributed by atoms with Crippen LogP contribution in [0.4, 0.5) is 19.0 Å². The number of hydrogen-bond acceptors (Lipinski definition) is 6. The van der Waals surface area contributed by atoms with Crippen LogP contribution in [0.1, 0.15) is 43.1 Å². The molecule has 2 fully saturated rings. The van der Waals surface area contributed by atoms with Crippen molar-refractivity contribution in [2.45, 2.75) is 44.6 Å². The Morgan fingerprint density at radius 2 is 1.88 bits per heavy atom. The number of rotatable bonds is 9. The maximum absolute atomic E-state index is 12.6. The van der Waals surface area contributed by atoms with Crippen LogP contribution in [0.2, 0.25) is 0 Å². The number of halogens is 3. The first-order valence-electron chi connectivity index (χ1n) is 10.6. The minimum Gasteiger partial charge on any atom is -0.406 e. The zero-order valence-electron chi connectivity index (χ0n) is 17.6. The van der Waals surface area contributed by atoms with Crippen molar-refractivity contribution in [2.75, 3.05) is 18.4 Å². The Hall–Kier alpha value is -2.88. The summed E-state index contributed by atoms with van der Waals surface area (Å²) in [5.41, 5.74) is -0.0821. The van der Waals surface area contributed by atoms with Gasteiger partial charge < -0.3 is 20.5 Å². The number of amides is 1. The van der Waals surface area contributed by atoms with E-state index in [0.29, 0.717) is 29.5 Å². The van der Waals surface area contributed by atoms with Crippen LogP contribution in [-0.4, -0.2) is 46.0 Å². The molecule has 2 aliphatic carbocycles. The van der Waals surface area contributed by atoms with E-state index >= 15 is 0 Å². The van der Waals surface area contributed by atoms with Gasteiger partial charge in [-0.05, 0) is 68.7 Å². The first-order valence-corrected chi connectivity index (χ1v) is 10.6. The molecule has 0 spiro atoms. The first-order chi connectivity index (χ1) is 15.1. The molecule has 1 atom stereocenters. The van der Waals surface area contributed by atoms with E-state index in [1.807, 2.05) is 0 Å². The quantitative estimate of drug-likeness (QED) is 0.539. The largest absolute Gasteiger partial charge is 0.573 e. The lowest BCUT2D eigenvalue weighted by Crippen LogP contribution is -2.42. The van der Waals surface area contributed by atoms with Crippen LogP contribution in [-0.2, 0) is 0 Å². The monoisotopic (exact) mass is 450 g/mol. The molecule has 7 nitrogen and oxygen atoms in total. The highest BCUT2D eigenvalue weighted by atomic mass is 19.4. The van der Waals surface area contributed by atoms with Gasteiger partial charge in [-0.1, -0.05) is 0 Å². The summed E-state index contributed by atoms with van der Waals surface area (Å²) >= 11 is 0. The molecule has 3 N–H and O–H groups in total. The van der Waals surface area contributed by atoms with Crippen LogP contribution in [0.5, 0.6) is 5.75 Å². The zero-order valence-corrected chi connectivity index (χ0v) is 17.6. The maximum atomic E-state index is 12.6. The predicted octanol–water partition coefficient (Wildman–Crippen LogP) is 3.75. The highest BCUT2D eigenvalue weighted by Gasteiger charge is 2.40. The molecule has 2 saturated carbocycles. The van der Waals surface area contributed by atoms with Gasteiger partial charge in [-0.3, -0.25) is 4.79 Å². The summed E-state index contributed by atoms with van der Waals surface area (Å²) in [4.78, 5) is 21.4. The molecule has 1 aromatic heterocycles. The van der Waals surface area contributed by atoms with Crippen molar-refractivity contribution < 1.29 is 27.8 Å². The van der Waals surface area contributed by atoms with Crippen molar-refractivity contribution in [2.24, 2.45) is 11.8 Å². The Bertz CT molecular complexity index is 971. The van der Waals surface area contributed by atoms with E-state index in [0.717, 1.165) is 25.7 Å². The molecule has 32 heavy (non-hydrogen) atoms. The van der Waals surface area contributed by atoms with Gasteiger partial charge in [-0.25, -0.2) is 9.97 Å². The molecule has 1 heterocycles. The SMILES string of the molecule is C[C@](O)(CNC(=O)c1cnc(NCC2CC2)c(-c2ccc(OC(F)(F)F)cc2)n1)C1CC1. The highest BCUT2D eigenvalue weighted by molar-refractivity contribution is 5.93. The van der Waals surface area contributed by atoms with E-state index in [1.54, 1.807) is 6.92 Å². The van der Waals surface area contributed by atoms with Crippen LogP contribution >= 0.6 is 0 Å². The summed E-state index contributed by atoms with van der Waals surface area (Å²) in [5, 5.41) is 16.3. The molecular formula is C22H25F3N4O3. The molecule has 4 rings (SSSR count). The van der Waals surface area contributed by atoms with Crippen molar-refractivity contribution in [1.29, 1.82) is 0 Å². The second-order valence-electron chi connectivity index (χ2n) is 8.66. The number of alkyl halides is 3. The lowest BCUT2D eigenvalue weighted by atomic mass is 10.0. The normalized spacial score (nSPS) is 18.0. The molecule has 2 aliphatic rings. The Kier molecular flexibility index (Phi) is 5.98. The number of nitrogens with one attached hydrogen (secondary N) is 2. The highest BCUT2D eigenvalue weighted by Crippen LogP contribution is 2.39. The van der Waals surface area contributed by atoms with Crippen LogP contribution in [0, 0.1) is 11.8 Å². The molecule has 2 aromatic rings. The summed E-state index contributed by atoms with van der Waals surface area (Å²) in [6, 6.07) is 5.25. The molecule has 0 radical (unpaired) electrons. The Morgan fingerprint density at radius 1 is 1.19 bits per heavy atom. The number of carbonyl (C=O) groups excluding carboxylic acids is 1. The molecule has 0 unspecified atom stereocenters. The topological polar surface area (TPSA) is 96.4 Å². The molecule has 1 aromatic carbocycles. The van der Waals surface area contributed by atoms with Gasteiger partial charge in [0.1, 0.15) is 17.1 Å². The lowest BCUT2D eigenvalue weighted by Gasteiger charge is -2.23. The third-order valence-electron chi connectivity index (χ3n) is 5.69. The van der Waals surface area contributed by atoms with E-state index in [4.69, 9.17) is 0 Å². The van der Waals surface area contributed by atoms with E-state index in [9.17, 15) is 23.1 Å². The van der Waals surface area contributed by atoms with Crippen LogP contribution in [0.3, 0.4) is 0 Å². The second kappa shape index (κ2) is 8.57. The van der Waals surface area contributed by atoms with Gasteiger partial charge in [0.05, 0.1) is 11.8 Å². The number of benzene rings is 1. The van der Waals surface area contributed by atoms with Crippen molar-refractivity contribution in [3.05, 3.63) is 36.2 Å². The third kappa shape index (κ3) is 5.87. The van der Waals surface area contributed by atoms with Gasteiger partial charge in [-0.15, -0.1) is 13.2 Å². The number of aromatic nitrogens is 2. The van der Waals surface area contributed by atoms with E-state index < -0.39 is 17.9 Å². The molecule has 1 amide bonds. The number of hydrogen-bond donors (Lipinski definition) is 3. The smallest absolute Gasteiger partial charge is 0.406 e. The minimum absolute atomic E-state index is 0.0548. The van der Waals surface area contributed by atoms with Crippen molar-refractivity contribution >= 4 is 11.7 Å². The Labute approximate surface area is 183 Å². The average Bonchev–Trinajstić information content (AvgIpc) is 3.63. The van der Waals surface area contributed by atoms with Crippen molar-refractivity contribution in [3.63, 3.8) is 0 Å². The molecule has 0 bridgehead atoms. The summed E-state index contributed by atoms with van der Waals surface area (Å²) in [7, 11) is 0. The van der Waals surface area contributed by atoms with Gasteiger partial charge in [0.2, 0.25) is 0 Å². The van der Waals surface area contributed by atoms with Crippen LogP contribution in [0.15, 0.2) is 30.5 Å².